The first-order chi connectivity index (χ1) is 9.93. The van der Waals surface area contributed by atoms with Gasteiger partial charge >= 0.3 is 11.9 Å². The summed E-state index contributed by atoms with van der Waals surface area (Å²) in [4.78, 5) is 23.5. The third kappa shape index (κ3) is 1.95. The maximum absolute atomic E-state index is 12.1. The third-order valence-electron chi connectivity index (χ3n) is 6.75. The molecule has 4 nitrogen and oxygen atoms in total. The van der Waals surface area contributed by atoms with Gasteiger partial charge in [-0.25, -0.2) is 9.59 Å². The number of rotatable bonds is 4. The van der Waals surface area contributed by atoms with Crippen molar-refractivity contribution >= 4 is 11.9 Å². The van der Waals surface area contributed by atoms with Crippen molar-refractivity contribution in [1.29, 1.82) is 0 Å². The number of hydrogen-bond acceptors (Lipinski definition) is 4. The molecule has 2 rings (SSSR count). The van der Waals surface area contributed by atoms with Crippen LogP contribution in [0.2, 0.25) is 0 Å². The maximum atomic E-state index is 12.1. The molecule has 0 heterocycles. The minimum atomic E-state index is -0.560. The van der Waals surface area contributed by atoms with Gasteiger partial charge in [-0.2, -0.15) is 0 Å². The molecule has 2 aliphatic rings. The van der Waals surface area contributed by atoms with E-state index in [0.29, 0.717) is 0 Å². The molecule has 2 fully saturated rings. The minimum absolute atomic E-state index is 0.00101. The van der Waals surface area contributed by atoms with Crippen molar-refractivity contribution in [3.05, 3.63) is 12.2 Å². The first-order valence-corrected chi connectivity index (χ1v) is 7.97. The summed E-state index contributed by atoms with van der Waals surface area (Å²) in [6.07, 6.45) is 2.99. The highest BCUT2D eigenvalue weighted by Crippen LogP contribution is 2.86. The van der Waals surface area contributed by atoms with Crippen LogP contribution in [0.15, 0.2) is 12.2 Å². The Labute approximate surface area is 133 Å². The van der Waals surface area contributed by atoms with Gasteiger partial charge in [0.05, 0.1) is 0 Å². The number of carbonyl (C=O) groups is 2. The van der Waals surface area contributed by atoms with Crippen LogP contribution in [0.5, 0.6) is 0 Å². The van der Waals surface area contributed by atoms with Gasteiger partial charge in [0.15, 0.2) is 6.61 Å². The summed E-state index contributed by atoms with van der Waals surface area (Å²) in [5, 5.41) is 0. The molecule has 0 saturated heterocycles. The van der Waals surface area contributed by atoms with E-state index in [1.54, 1.807) is 6.92 Å². The zero-order chi connectivity index (χ0) is 17.0. The first-order valence-electron chi connectivity index (χ1n) is 7.97. The zero-order valence-corrected chi connectivity index (χ0v) is 14.7. The van der Waals surface area contributed by atoms with E-state index in [9.17, 15) is 9.59 Å². The van der Waals surface area contributed by atoms with Gasteiger partial charge in [-0.05, 0) is 43.9 Å². The molecule has 0 bridgehead atoms. The molecular formula is C18H28O4. The van der Waals surface area contributed by atoms with Crippen LogP contribution in [-0.4, -0.2) is 24.1 Å². The second-order valence-electron chi connectivity index (χ2n) is 8.07. The number of carbonyl (C=O) groups excluding carboxylic acids is 2. The highest BCUT2D eigenvalue weighted by molar-refractivity contribution is 5.88. The fourth-order valence-electron chi connectivity index (χ4n) is 5.21. The Bertz CT molecular complexity index is 515. The van der Waals surface area contributed by atoms with Gasteiger partial charge in [-0.3, -0.25) is 0 Å². The summed E-state index contributed by atoms with van der Waals surface area (Å²) in [6, 6.07) is 0. The van der Waals surface area contributed by atoms with Gasteiger partial charge in [0.1, 0.15) is 5.60 Å². The Hall–Kier alpha value is -1.32. The molecule has 2 saturated carbocycles. The Morgan fingerprint density at radius 1 is 1.05 bits per heavy atom. The first kappa shape index (κ1) is 17.0. The molecule has 22 heavy (non-hydrogen) atoms. The molecule has 1 atom stereocenters. The standard InChI is InChI=1S/C18H28O4/c1-12(2)14(20)21-11-13(19)22-17(7)9-8-10-18(17)15(3,4)16(18,5)6/h1,8-11H2,2-7H3. The summed E-state index contributed by atoms with van der Waals surface area (Å²) < 4.78 is 10.7. The summed E-state index contributed by atoms with van der Waals surface area (Å²) in [6.45, 7) is 15.8. The monoisotopic (exact) mass is 308 g/mol. The smallest absolute Gasteiger partial charge is 0.344 e. The molecule has 0 N–H and O–H groups in total. The van der Waals surface area contributed by atoms with Crippen LogP contribution in [-0.2, 0) is 19.1 Å². The normalized spacial score (nSPS) is 29.9. The molecule has 0 aromatic heterocycles. The number of ether oxygens (including phenoxy) is 2. The van der Waals surface area contributed by atoms with Crippen LogP contribution < -0.4 is 0 Å². The van der Waals surface area contributed by atoms with Crippen LogP contribution in [0.4, 0.5) is 0 Å². The lowest BCUT2D eigenvalue weighted by atomic mass is 9.80. The Balaban J connectivity index is 2.08. The lowest BCUT2D eigenvalue weighted by Gasteiger charge is -2.35. The Morgan fingerprint density at radius 2 is 1.59 bits per heavy atom. The van der Waals surface area contributed by atoms with Crippen molar-refractivity contribution in [3.8, 4) is 0 Å². The molecule has 1 unspecified atom stereocenters. The van der Waals surface area contributed by atoms with Crippen LogP contribution in [0, 0.1) is 16.2 Å². The second kappa shape index (κ2) is 4.84. The molecule has 0 aromatic carbocycles. The van der Waals surface area contributed by atoms with Gasteiger partial charge in [-0.1, -0.05) is 34.3 Å². The SMILES string of the molecule is C=C(C)C(=O)OCC(=O)OC1(C)CCCC12C(C)(C)C2(C)C. The second-order valence-corrected chi connectivity index (χ2v) is 8.07. The van der Waals surface area contributed by atoms with Crippen LogP contribution in [0.25, 0.3) is 0 Å². The van der Waals surface area contributed by atoms with E-state index in [4.69, 9.17) is 9.47 Å². The third-order valence-corrected chi connectivity index (χ3v) is 6.75. The molecule has 4 heteroatoms. The van der Waals surface area contributed by atoms with E-state index >= 15 is 0 Å². The summed E-state index contributed by atoms with van der Waals surface area (Å²) in [5.74, 6) is -1.04. The Morgan fingerprint density at radius 3 is 2.05 bits per heavy atom. The van der Waals surface area contributed by atoms with Gasteiger partial charge in [0.25, 0.3) is 0 Å². The van der Waals surface area contributed by atoms with Crippen LogP contribution >= 0.6 is 0 Å². The molecule has 1 spiro atoms. The van der Waals surface area contributed by atoms with Crippen molar-refractivity contribution in [3.63, 3.8) is 0 Å². The maximum Gasteiger partial charge on any atom is 0.344 e. The van der Waals surface area contributed by atoms with E-state index in [-0.39, 0.29) is 28.4 Å². The van der Waals surface area contributed by atoms with Gasteiger partial charge in [0, 0.05) is 11.0 Å². The van der Waals surface area contributed by atoms with Crippen molar-refractivity contribution in [2.24, 2.45) is 16.2 Å². The average Bonchev–Trinajstić information content (AvgIpc) is 2.67. The fraction of sp³-hybridized carbons (Fsp3) is 0.778. The molecule has 0 amide bonds. The van der Waals surface area contributed by atoms with Crippen molar-refractivity contribution in [2.45, 2.75) is 66.4 Å². The lowest BCUT2D eigenvalue weighted by Crippen LogP contribution is -2.41. The van der Waals surface area contributed by atoms with Crippen molar-refractivity contribution < 1.29 is 19.1 Å². The topological polar surface area (TPSA) is 52.6 Å². The molecule has 0 aliphatic heterocycles. The lowest BCUT2D eigenvalue weighted by molar-refractivity contribution is -0.174. The zero-order valence-electron chi connectivity index (χ0n) is 14.7. The van der Waals surface area contributed by atoms with Gasteiger partial charge in [-0.15, -0.1) is 0 Å². The average molecular weight is 308 g/mol. The number of hydrogen-bond donors (Lipinski definition) is 0. The van der Waals surface area contributed by atoms with E-state index in [2.05, 4.69) is 34.3 Å². The molecule has 2 aliphatic carbocycles. The summed E-state index contributed by atoms with van der Waals surface area (Å²) in [7, 11) is 0. The summed E-state index contributed by atoms with van der Waals surface area (Å²) in [5.41, 5.74) is 0.0360. The van der Waals surface area contributed by atoms with E-state index in [0.717, 1.165) is 19.3 Å². The largest absolute Gasteiger partial charge is 0.456 e. The van der Waals surface area contributed by atoms with Crippen molar-refractivity contribution in [2.75, 3.05) is 6.61 Å². The Kier molecular flexibility index (Phi) is 3.75. The minimum Gasteiger partial charge on any atom is -0.456 e. The van der Waals surface area contributed by atoms with Gasteiger partial charge < -0.3 is 9.47 Å². The number of esters is 2. The quantitative estimate of drug-likeness (QED) is 0.587. The molecule has 124 valence electrons. The van der Waals surface area contributed by atoms with Crippen molar-refractivity contribution in [1.82, 2.24) is 0 Å². The van der Waals surface area contributed by atoms with E-state index in [1.807, 2.05) is 6.92 Å². The highest BCUT2D eigenvalue weighted by atomic mass is 16.6. The van der Waals surface area contributed by atoms with E-state index in [1.165, 1.54) is 0 Å². The highest BCUT2D eigenvalue weighted by Gasteiger charge is 2.84. The van der Waals surface area contributed by atoms with Gasteiger partial charge in [0.2, 0.25) is 0 Å². The van der Waals surface area contributed by atoms with Crippen LogP contribution in [0.1, 0.15) is 60.8 Å². The fourth-order valence-corrected chi connectivity index (χ4v) is 5.21. The molecule has 0 radical (unpaired) electrons. The molecule has 0 aromatic rings. The summed E-state index contributed by atoms with van der Waals surface area (Å²) >= 11 is 0. The van der Waals surface area contributed by atoms with Crippen LogP contribution in [0.3, 0.4) is 0 Å². The molecular weight excluding hydrogens is 280 g/mol. The predicted octanol–water partition coefficient (Wildman–Crippen LogP) is 3.64. The predicted molar refractivity (Wildman–Crippen MR) is 84.1 cm³/mol. The van der Waals surface area contributed by atoms with E-state index < -0.39 is 17.5 Å².